The highest BCUT2D eigenvalue weighted by atomic mass is 32.1. The summed E-state index contributed by atoms with van der Waals surface area (Å²) in [6, 6.07) is 6.37. The fraction of sp³-hybridized carbons (Fsp3) is 0.375. The molecule has 3 rings (SSSR count). The predicted octanol–water partition coefficient (Wildman–Crippen LogP) is 3.29. The van der Waals surface area contributed by atoms with Gasteiger partial charge in [0.1, 0.15) is 5.82 Å². The number of hydrogen-bond donors (Lipinski definition) is 1. The summed E-state index contributed by atoms with van der Waals surface area (Å²) in [5, 5.41) is 5.98. The van der Waals surface area contributed by atoms with Crippen molar-refractivity contribution in [3.8, 4) is 0 Å². The van der Waals surface area contributed by atoms with Crippen molar-refractivity contribution in [3.05, 3.63) is 51.7 Å². The number of amides is 2. The Morgan fingerprint density at radius 1 is 1.45 bits per heavy atom. The Labute approximate surface area is 133 Å². The van der Waals surface area contributed by atoms with Crippen molar-refractivity contribution < 1.29 is 9.18 Å². The van der Waals surface area contributed by atoms with Gasteiger partial charge in [0, 0.05) is 30.6 Å². The lowest BCUT2D eigenvalue weighted by atomic mass is 9.95. The molecular weight excluding hydrogens is 301 g/mol. The molecule has 1 aliphatic rings. The van der Waals surface area contributed by atoms with Crippen molar-refractivity contribution in [1.82, 2.24) is 15.2 Å². The number of aromatic nitrogens is 1. The second-order valence-electron chi connectivity index (χ2n) is 5.41. The number of carbonyl (C=O) groups excluding carboxylic acids is 1. The van der Waals surface area contributed by atoms with Crippen LogP contribution in [-0.2, 0) is 6.42 Å². The molecule has 1 saturated heterocycles. The van der Waals surface area contributed by atoms with Crippen LogP contribution in [0, 0.1) is 12.7 Å². The van der Waals surface area contributed by atoms with E-state index >= 15 is 0 Å². The third kappa shape index (κ3) is 3.27. The summed E-state index contributed by atoms with van der Waals surface area (Å²) in [6.07, 6.45) is 1.67. The number of thiazole rings is 1. The van der Waals surface area contributed by atoms with Crippen LogP contribution < -0.4 is 5.32 Å². The van der Waals surface area contributed by atoms with Gasteiger partial charge in [0.2, 0.25) is 0 Å². The number of nitrogens with zero attached hydrogens (tertiary/aromatic N) is 2. The molecule has 2 heterocycles. The van der Waals surface area contributed by atoms with Gasteiger partial charge >= 0.3 is 6.03 Å². The van der Waals surface area contributed by atoms with E-state index in [0.29, 0.717) is 6.54 Å². The molecule has 1 aliphatic heterocycles. The van der Waals surface area contributed by atoms with Gasteiger partial charge in [0.15, 0.2) is 0 Å². The number of urea groups is 1. The van der Waals surface area contributed by atoms with E-state index < -0.39 is 0 Å². The van der Waals surface area contributed by atoms with E-state index in [1.807, 2.05) is 12.3 Å². The first-order chi connectivity index (χ1) is 10.6. The first kappa shape index (κ1) is 15.0. The van der Waals surface area contributed by atoms with Crippen molar-refractivity contribution in [2.75, 3.05) is 13.1 Å². The second-order valence-corrected chi connectivity index (χ2v) is 6.36. The first-order valence-corrected chi connectivity index (χ1v) is 8.22. The zero-order valence-corrected chi connectivity index (χ0v) is 13.2. The Balaban J connectivity index is 1.51. The number of hydrogen-bond acceptors (Lipinski definition) is 3. The maximum atomic E-state index is 13.0. The molecule has 4 nitrogen and oxygen atoms in total. The molecule has 22 heavy (non-hydrogen) atoms. The molecule has 1 aromatic heterocycles. The fourth-order valence-electron chi connectivity index (χ4n) is 2.56. The zero-order valence-electron chi connectivity index (χ0n) is 12.4. The Morgan fingerprint density at radius 2 is 2.23 bits per heavy atom. The topological polar surface area (TPSA) is 45.2 Å². The summed E-state index contributed by atoms with van der Waals surface area (Å²) in [7, 11) is 0. The fourth-order valence-corrected chi connectivity index (χ4v) is 3.33. The molecule has 0 unspecified atom stereocenters. The van der Waals surface area contributed by atoms with Crippen molar-refractivity contribution in [2.24, 2.45) is 0 Å². The molecular formula is C16H18FN3OS. The highest BCUT2D eigenvalue weighted by Gasteiger charge is 2.33. The van der Waals surface area contributed by atoms with E-state index in [1.165, 1.54) is 12.1 Å². The van der Waals surface area contributed by atoms with Crippen molar-refractivity contribution in [3.63, 3.8) is 0 Å². The second kappa shape index (κ2) is 6.44. The highest BCUT2D eigenvalue weighted by Crippen LogP contribution is 2.33. The van der Waals surface area contributed by atoms with E-state index in [2.05, 4.69) is 10.3 Å². The molecule has 0 spiro atoms. The minimum absolute atomic E-state index is 0.0581. The van der Waals surface area contributed by atoms with Crippen molar-refractivity contribution >= 4 is 17.4 Å². The van der Waals surface area contributed by atoms with Crippen LogP contribution in [0.1, 0.15) is 28.7 Å². The summed E-state index contributed by atoms with van der Waals surface area (Å²) in [5.41, 5.74) is 2.00. The van der Waals surface area contributed by atoms with Crippen LogP contribution in [0.4, 0.5) is 9.18 Å². The minimum atomic E-state index is -0.252. The number of nitrogens with one attached hydrogen (secondary N) is 1. The average molecular weight is 319 g/mol. The van der Waals surface area contributed by atoms with Gasteiger partial charge in [0.25, 0.3) is 0 Å². The smallest absolute Gasteiger partial charge is 0.317 e. The van der Waals surface area contributed by atoms with Gasteiger partial charge in [0.05, 0.1) is 11.0 Å². The third-order valence-corrected chi connectivity index (χ3v) is 4.84. The van der Waals surface area contributed by atoms with Crippen LogP contribution in [0.2, 0.25) is 0 Å². The first-order valence-electron chi connectivity index (χ1n) is 7.34. The summed E-state index contributed by atoms with van der Waals surface area (Å²) in [6.45, 7) is 3.29. The van der Waals surface area contributed by atoms with Crippen LogP contribution in [0.15, 0.2) is 29.6 Å². The van der Waals surface area contributed by atoms with Crippen LogP contribution >= 0.6 is 11.3 Å². The van der Waals surface area contributed by atoms with E-state index in [0.717, 1.165) is 35.7 Å². The Morgan fingerprint density at radius 3 is 2.82 bits per heavy atom. The molecule has 0 bridgehead atoms. The van der Waals surface area contributed by atoms with Gasteiger partial charge < -0.3 is 10.2 Å². The third-order valence-electron chi connectivity index (χ3n) is 3.82. The van der Waals surface area contributed by atoms with Gasteiger partial charge in [-0.25, -0.2) is 14.2 Å². The number of halogens is 1. The van der Waals surface area contributed by atoms with Crippen LogP contribution in [0.25, 0.3) is 0 Å². The molecule has 1 atom stereocenters. The molecule has 6 heteroatoms. The predicted molar refractivity (Wildman–Crippen MR) is 84.4 cm³/mol. The van der Waals surface area contributed by atoms with Gasteiger partial charge in [-0.05, 0) is 31.0 Å². The van der Waals surface area contributed by atoms with Crippen molar-refractivity contribution in [2.45, 2.75) is 25.8 Å². The Kier molecular flexibility index (Phi) is 4.38. The standard InChI is InChI=1S/C16H18FN3OS/c1-11-10-22-15(19-11)6-8-18-16(21)20-9-7-14(20)12-2-4-13(17)5-3-12/h2-5,10,14H,6-9H2,1H3,(H,18,21)/t14-/m1/s1. The molecule has 0 aliphatic carbocycles. The SMILES string of the molecule is Cc1csc(CCNC(=O)N2CC[C@@H]2c2ccc(F)cc2)n1. The Hall–Kier alpha value is -1.95. The molecule has 1 N–H and O–H groups in total. The lowest BCUT2D eigenvalue weighted by molar-refractivity contribution is 0.115. The van der Waals surface area contributed by atoms with Gasteiger partial charge in [-0.1, -0.05) is 12.1 Å². The lowest BCUT2D eigenvalue weighted by Crippen LogP contribution is -2.50. The normalized spacial score (nSPS) is 17.2. The van der Waals surface area contributed by atoms with Crippen LogP contribution in [-0.4, -0.2) is 29.0 Å². The zero-order chi connectivity index (χ0) is 15.5. The van der Waals surface area contributed by atoms with E-state index in [9.17, 15) is 9.18 Å². The number of benzene rings is 1. The molecule has 0 radical (unpaired) electrons. The maximum Gasteiger partial charge on any atom is 0.317 e. The highest BCUT2D eigenvalue weighted by molar-refractivity contribution is 7.09. The molecule has 2 amide bonds. The van der Waals surface area contributed by atoms with E-state index in [-0.39, 0.29) is 17.9 Å². The van der Waals surface area contributed by atoms with E-state index in [4.69, 9.17) is 0 Å². The van der Waals surface area contributed by atoms with Gasteiger partial charge in [-0.3, -0.25) is 0 Å². The molecule has 1 aromatic carbocycles. The van der Waals surface area contributed by atoms with Gasteiger partial charge in [-0.2, -0.15) is 0 Å². The Bertz CT molecular complexity index is 656. The molecule has 0 saturated carbocycles. The number of rotatable bonds is 4. The quantitative estimate of drug-likeness (QED) is 0.940. The molecule has 116 valence electrons. The van der Waals surface area contributed by atoms with Crippen molar-refractivity contribution in [1.29, 1.82) is 0 Å². The summed E-state index contributed by atoms with van der Waals surface area (Å²) >= 11 is 1.62. The number of carbonyl (C=O) groups is 1. The maximum absolute atomic E-state index is 13.0. The largest absolute Gasteiger partial charge is 0.338 e. The monoisotopic (exact) mass is 319 g/mol. The van der Waals surface area contributed by atoms with Crippen LogP contribution in [0.3, 0.4) is 0 Å². The lowest BCUT2D eigenvalue weighted by Gasteiger charge is -2.41. The molecule has 1 fully saturated rings. The number of likely N-dealkylation sites (tertiary alicyclic amines) is 1. The summed E-state index contributed by atoms with van der Waals surface area (Å²) in [4.78, 5) is 18.4. The number of aryl methyl sites for hydroxylation is 1. The molecule has 2 aromatic rings. The van der Waals surface area contributed by atoms with Gasteiger partial charge in [-0.15, -0.1) is 11.3 Å². The van der Waals surface area contributed by atoms with Crippen LogP contribution in [0.5, 0.6) is 0 Å². The van der Waals surface area contributed by atoms with E-state index in [1.54, 1.807) is 28.4 Å². The minimum Gasteiger partial charge on any atom is -0.338 e. The summed E-state index contributed by atoms with van der Waals surface area (Å²) in [5.74, 6) is -0.252. The average Bonchev–Trinajstić information content (AvgIpc) is 2.86. The summed E-state index contributed by atoms with van der Waals surface area (Å²) < 4.78 is 13.0.